The summed E-state index contributed by atoms with van der Waals surface area (Å²) in [5.41, 5.74) is 7.49. The Balaban J connectivity index is 3.48. The van der Waals surface area contributed by atoms with E-state index in [-0.39, 0.29) is 0 Å². The molecule has 1 aromatic rings. The predicted octanol–water partition coefficient (Wildman–Crippen LogP) is 2.05. The van der Waals surface area contributed by atoms with Crippen molar-refractivity contribution in [1.29, 1.82) is 0 Å². The van der Waals surface area contributed by atoms with E-state index in [1.54, 1.807) is 19.9 Å². The lowest BCUT2D eigenvalue weighted by Crippen LogP contribution is -2.22. The molecule has 0 heterocycles. The summed E-state index contributed by atoms with van der Waals surface area (Å²) in [5, 5.41) is 9.46. The first-order chi connectivity index (χ1) is 7.40. The molecular weight excluding hydrogens is 230 g/mol. The Morgan fingerprint density at radius 2 is 2.12 bits per heavy atom. The highest BCUT2D eigenvalue weighted by Crippen LogP contribution is 2.35. The van der Waals surface area contributed by atoms with Gasteiger partial charge in [-0.05, 0) is 25.5 Å². The molecule has 5 heteroatoms. The number of rotatable bonds is 3. The minimum absolute atomic E-state index is 0.444. The first-order valence-corrected chi connectivity index (χ1v) is 5.10. The zero-order chi connectivity index (χ0) is 12.5. The van der Waals surface area contributed by atoms with Gasteiger partial charge in [0.2, 0.25) is 0 Å². The second-order valence-corrected chi connectivity index (χ2v) is 3.97. The molecule has 0 saturated heterocycles. The summed E-state index contributed by atoms with van der Waals surface area (Å²) in [6.07, 6.45) is 0. The topological polar surface area (TPSA) is 72.5 Å². The van der Waals surface area contributed by atoms with E-state index in [4.69, 9.17) is 27.2 Å². The molecule has 3 N–H and O–H groups in total. The van der Waals surface area contributed by atoms with Gasteiger partial charge in [0.25, 0.3) is 0 Å². The Hall–Kier alpha value is -1.26. The molecular formula is C11H14ClNO3. The van der Waals surface area contributed by atoms with Crippen molar-refractivity contribution in [3.63, 3.8) is 0 Å². The van der Waals surface area contributed by atoms with Crippen LogP contribution in [-0.4, -0.2) is 18.2 Å². The first kappa shape index (κ1) is 12.8. The van der Waals surface area contributed by atoms with Crippen molar-refractivity contribution in [3.05, 3.63) is 27.8 Å². The van der Waals surface area contributed by atoms with Crippen LogP contribution in [0, 0.1) is 13.8 Å². The summed E-state index contributed by atoms with van der Waals surface area (Å²) in [7, 11) is 1.47. The summed E-state index contributed by atoms with van der Waals surface area (Å²) >= 11 is 5.99. The molecule has 1 rings (SSSR count). The van der Waals surface area contributed by atoms with Gasteiger partial charge in [0.1, 0.15) is 11.8 Å². The van der Waals surface area contributed by atoms with Gasteiger partial charge in [-0.15, -0.1) is 0 Å². The van der Waals surface area contributed by atoms with E-state index in [2.05, 4.69) is 0 Å². The fraction of sp³-hybridized carbons (Fsp3) is 0.364. The second-order valence-electron chi connectivity index (χ2n) is 3.56. The van der Waals surface area contributed by atoms with Crippen LogP contribution in [0.15, 0.2) is 6.07 Å². The van der Waals surface area contributed by atoms with Crippen molar-refractivity contribution in [1.82, 2.24) is 0 Å². The molecule has 0 aliphatic heterocycles. The molecule has 1 atom stereocenters. The fourth-order valence-corrected chi connectivity index (χ4v) is 1.89. The average molecular weight is 244 g/mol. The van der Waals surface area contributed by atoms with Crippen LogP contribution >= 0.6 is 11.6 Å². The van der Waals surface area contributed by atoms with Crippen LogP contribution in [0.2, 0.25) is 5.02 Å². The maximum absolute atomic E-state index is 10.9. The van der Waals surface area contributed by atoms with Crippen LogP contribution in [0.1, 0.15) is 22.7 Å². The first-order valence-electron chi connectivity index (χ1n) is 4.72. The van der Waals surface area contributed by atoms with Gasteiger partial charge in [0, 0.05) is 16.1 Å². The van der Waals surface area contributed by atoms with Crippen LogP contribution in [0.3, 0.4) is 0 Å². The molecule has 0 amide bonds. The van der Waals surface area contributed by atoms with Crippen LogP contribution in [0.5, 0.6) is 5.75 Å². The minimum Gasteiger partial charge on any atom is -0.496 e. The van der Waals surface area contributed by atoms with Gasteiger partial charge in [-0.1, -0.05) is 11.6 Å². The van der Waals surface area contributed by atoms with E-state index in [0.29, 0.717) is 27.5 Å². The molecule has 0 aromatic heterocycles. The molecule has 0 radical (unpaired) electrons. The monoisotopic (exact) mass is 243 g/mol. The number of hydrogen-bond acceptors (Lipinski definition) is 3. The Labute approximate surface area is 99.0 Å². The summed E-state index contributed by atoms with van der Waals surface area (Å²) in [6, 6.07) is 0.586. The Bertz CT molecular complexity index is 432. The third-order valence-corrected chi connectivity index (χ3v) is 2.89. The van der Waals surface area contributed by atoms with Crippen molar-refractivity contribution >= 4 is 17.6 Å². The number of hydrogen-bond donors (Lipinski definition) is 2. The number of aliphatic carboxylic acids is 1. The van der Waals surface area contributed by atoms with E-state index in [1.165, 1.54) is 7.11 Å². The normalized spacial score (nSPS) is 12.3. The highest BCUT2D eigenvalue weighted by Gasteiger charge is 2.23. The third-order valence-electron chi connectivity index (χ3n) is 2.49. The molecule has 0 fully saturated rings. The summed E-state index contributed by atoms with van der Waals surface area (Å²) in [6.45, 7) is 3.52. The van der Waals surface area contributed by atoms with Gasteiger partial charge in [0.15, 0.2) is 0 Å². The van der Waals surface area contributed by atoms with Gasteiger partial charge < -0.3 is 15.6 Å². The van der Waals surface area contributed by atoms with Gasteiger partial charge in [-0.3, -0.25) is 4.79 Å². The number of nitrogens with two attached hydrogens (primary N) is 1. The Morgan fingerprint density at radius 3 is 2.56 bits per heavy atom. The number of halogens is 1. The highest BCUT2D eigenvalue weighted by atomic mass is 35.5. The van der Waals surface area contributed by atoms with Crippen LogP contribution in [0.25, 0.3) is 0 Å². The van der Waals surface area contributed by atoms with Crippen molar-refractivity contribution in [2.45, 2.75) is 19.9 Å². The second kappa shape index (κ2) is 4.72. The molecule has 0 bridgehead atoms. The lowest BCUT2D eigenvalue weighted by Gasteiger charge is -2.18. The summed E-state index contributed by atoms with van der Waals surface area (Å²) in [4.78, 5) is 10.9. The molecule has 0 aliphatic rings. The van der Waals surface area contributed by atoms with Crippen molar-refractivity contribution < 1.29 is 14.6 Å². The van der Waals surface area contributed by atoms with Crippen LogP contribution < -0.4 is 10.5 Å². The number of methoxy groups -OCH3 is 1. The molecule has 88 valence electrons. The Kier molecular flexibility index (Phi) is 3.78. The predicted molar refractivity (Wildman–Crippen MR) is 62.0 cm³/mol. The van der Waals surface area contributed by atoms with E-state index in [9.17, 15) is 4.79 Å². The standard InChI is InChI=1S/C11H14ClNO3/c1-5-4-7(12)6(2)10(16-3)8(5)9(13)11(14)15/h4,9H,13H2,1-3H3,(H,14,15). The summed E-state index contributed by atoms with van der Waals surface area (Å²) < 4.78 is 5.18. The zero-order valence-electron chi connectivity index (χ0n) is 9.37. The van der Waals surface area contributed by atoms with Crippen LogP contribution in [-0.2, 0) is 4.79 Å². The Morgan fingerprint density at radius 1 is 1.56 bits per heavy atom. The average Bonchev–Trinajstić information content (AvgIpc) is 2.21. The van der Waals surface area contributed by atoms with E-state index in [1.807, 2.05) is 0 Å². The van der Waals surface area contributed by atoms with Gasteiger partial charge in [-0.2, -0.15) is 0 Å². The molecule has 0 saturated carbocycles. The molecule has 16 heavy (non-hydrogen) atoms. The quantitative estimate of drug-likeness (QED) is 0.852. The molecule has 4 nitrogen and oxygen atoms in total. The largest absolute Gasteiger partial charge is 0.496 e. The van der Waals surface area contributed by atoms with Crippen LogP contribution in [0.4, 0.5) is 0 Å². The SMILES string of the molecule is COc1c(C)c(Cl)cc(C)c1C(N)C(=O)O. The highest BCUT2D eigenvalue weighted by molar-refractivity contribution is 6.31. The molecule has 0 aliphatic carbocycles. The van der Waals surface area contributed by atoms with Crippen molar-refractivity contribution in [2.75, 3.05) is 7.11 Å². The lowest BCUT2D eigenvalue weighted by molar-refractivity contribution is -0.138. The molecule has 0 spiro atoms. The lowest BCUT2D eigenvalue weighted by atomic mass is 9.97. The number of carboxylic acids is 1. The van der Waals surface area contributed by atoms with Gasteiger partial charge in [-0.25, -0.2) is 0 Å². The van der Waals surface area contributed by atoms with Gasteiger partial charge >= 0.3 is 5.97 Å². The molecule has 1 aromatic carbocycles. The zero-order valence-corrected chi connectivity index (χ0v) is 10.1. The minimum atomic E-state index is -1.11. The fourth-order valence-electron chi connectivity index (χ4n) is 1.64. The maximum Gasteiger partial charge on any atom is 0.325 e. The number of carboxylic acid groups (broad SMARTS) is 1. The molecule has 1 unspecified atom stereocenters. The summed E-state index contributed by atoms with van der Waals surface area (Å²) in [5.74, 6) is -0.650. The smallest absolute Gasteiger partial charge is 0.325 e. The third kappa shape index (κ3) is 2.13. The van der Waals surface area contributed by atoms with Gasteiger partial charge in [0.05, 0.1) is 7.11 Å². The number of benzene rings is 1. The van der Waals surface area contributed by atoms with E-state index < -0.39 is 12.0 Å². The maximum atomic E-state index is 10.9. The van der Waals surface area contributed by atoms with Crippen molar-refractivity contribution in [3.8, 4) is 5.75 Å². The number of ether oxygens (including phenoxy) is 1. The van der Waals surface area contributed by atoms with E-state index in [0.717, 1.165) is 0 Å². The number of aryl methyl sites for hydroxylation is 1. The van der Waals surface area contributed by atoms with E-state index >= 15 is 0 Å². The van der Waals surface area contributed by atoms with Crippen molar-refractivity contribution in [2.24, 2.45) is 5.73 Å². The number of carbonyl (C=O) groups is 1.